The number of urea groups is 1. The molecule has 0 saturated heterocycles. The molecule has 1 saturated carbocycles. The van der Waals surface area contributed by atoms with Crippen LogP contribution in [0.25, 0.3) is 0 Å². The molecule has 1 fully saturated rings. The molecule has 0 radical (unpaired) electrons. The molecule has 15 heavy (non-hydrogen) atoms. The first kappa shape index (κ1) is 11.8. The molecule has 0 aromatic rings. The number of hydrogen-bond acceptors (Lipinski definition) is 2. The van der Waals surface area contributed by atoms with E-state index in [1.807, 2.05) is 0 Å². The molecule has 1 aliphatic rings. The molecule has 6 heteroatoms. The largest absolute Gasteiger partial charge is 0.481 e. The van der Waals surface area contributed by atoms with Gasteiger partial charge in [-0.15, -0.1) is 0 Å². The Balaban J connectivity index is 2.08. The highest BCUT2D eigenvalue weighted by molar-refractivity contribution is 6.29. The van der Waals surface area contributed by atoms with Crippen LogP contribution in [-0.2, 0) is 4.79 Å². The van der Waals surface area contributed by atoms with E-state index in [0.717, 1.165) is 0 Å². The van der Waals surface area contributed by atoms with E-state index in [-0.39, 0.29) is 24.4 Å². The normalized spacial score (nSPS) is 23.0. The molecule has 3 N–H and O–H groups in total. The van der Waals surface area contributed by atoms with Gasteiger partial charge >= 0.3 is 12.0 Å². The summed E-state index contributed by atoms with van der Waals surface area (Å²) in [6.45, 7) is 4.01. The summed E-state index contributed by atoms with van der Waals surface area (Å²) in [5.41, 5.74) is 0. The molecule has 0 bridgehead atoms. The molecule has 2 amide bonds. The van der Waals surface area contributed by atoms with Gasteiger partial charge in [0.2, 0.25) is 0 Å². The number of carbonyl (C=O) groups excluding carboxylic acids is 1. The maximum absolute atomic E-state index is 11.1. The first-order chi connectivity index (χ1) is 7.00. The van der Waals surface area contributed by atoms with Crippen molar-refractivity contribution < 1.29 is 14.7 Å². The number of rotatable bonds is 5. The summed E-state index contributed by atoms with van der Waals surface area (Å²) in [5.74, 6) is -1.03. The molecule has 0 aromatic carbocycles. The van der Waals surface area contributed by atoms with Crippen molar-refractivity contribution in [1.29, 1.82) is 0 Å². The monoisotopic (exact) mass is 232 g/mol. The zero-order valence-electron chi connectivity index (χ0n) is 8.12. The molecular weight excluding hydrogens is 220 g/mol. The van der Waals surface area contributed by atoms with E-state index in [9.17, 15) is 9.59 Å². The van der Waals surface area contributed by atoms with E-state index in [2.05, 4.69) is 17.2 Å². The quantitative estimate of drug-likeness (QED) is 0.655. The van der Waals surface area contributed by atoms with Gasteiger partial charge < -0.3 is 15.7 Å². The molecule has 5 nitrogen and oxygen atoms in total. The van der Waals surface area contributed by atoms with Crippen molar-refractivity contribution in [2.75, 3.05) is 13.1 Å². The van der Waals surface area contributed by atoms with Gasteiger partial charge in [-0.25, -0.2) is 4.79 Å². The molecule has 84 valence electrons. The predicted molar refractivity (Wildman–Crippen MR) is 55.6 cm³/mol. The number of carboxylic acid groups (broad SMARTS) is 1. The van der Waals surface area contributed by atoms with Crippen LogP contribution >= 0.6 is 11.6 Å². The summed E-state index contributed by atoms with van der Waals surface area (Å²) in [6.07, 6.45) is 0.637. The van der Waals surface area contributed by atoms with Gasteiger partial charge in [-0.1, -0.05) is 18.2 Å². The van der Waals surface area contributed by atoms with Crippen LogP contribution in [0.5, 0.6) is 0 Å². The Bertz CT molecular complexity index is 293. The number of carbonyl (C=O) groups is 2. The second-order valence-electron chi connectivity index (χ2n) is 3.52. The third kappa shape index (κ3) is 4.20. The van der Waals surface area contributed by atoms with Crippen LogP contribution in [0, 0.1) is 11.8 Å². The summed E-state index contributed by atoms with van der Waals surface area (Å²) in [4.78, 5) is 21.6. The molecule has 2 atom stereocenters. The summed E-state index contributed by atoms with van der Waals surface area (Å²) in [7, 11) is 0. The second kappa shape index (κ2) is 5.02. The minimum Gasteiger partial charge on any atom is -0.481 e. The third-order valence-corrected chi connectivity index (χ3v) is 2.34. The lowest BCUT2D eigenvalue weighted by atomic mass is 10.3. The Morgan fingerprint density at radius 2 is 2.13 bits per heavy atom. The van der Waals surface area contributed by atoms with Crippen LogP contribution in [0.15, 0.2) is 11.6 Å². The Morgan fingerprint density at radius 3 is 2.60 bits per heavy atom. The lowest BCUT2D eigenvalue weighted by Gasteiger charge is -2.05. The summed E-state index contributed by atoms with van der Waals surface area (Å²) >= 11 is 5.45. The third-order valence-electron chi connectivity index (χ3n) is 2.21. The summed E-state index contributed by atoms with van der Waals surface area (Å²) in [6, 6.07) is -0.354. The molecule has 1 aliphatic carbocycles. The molecule has 0 spiro atoms. The zero-order valence-corrected chi connectivity index (χ0v) is 8.88. The molecule has 0 unspecified atom stereocenters. The van der Waals surface area contributed by atoms with Crippen molar-refractivity contribution in [3.8, 4) is 0 Å². The van der Waals surface area contributed by atoms with Gasteiger partial charge in [0, 0.05) is 11.6 Å². The minimum absolute atomic E-state index is 0.0625. The molecular formula is C9H13ClN2O3. The Labute approximate surface area is 92.5 Å². The number of amides is 2. The van der Waals surface area contributed by atoms with E-state index < -0.39 is 5.97 Å². The standard InChI is InChI=1S/C9H13ClN2O3/c1-5(10)3-11-9(15)12-4-6-2-7(6)8(13)14/h6-7H,1-4H2,(H,13,14)(H2,11,12,15)/t6-,7-/m1/s1. The molecule has 0 aliphatic heterocycles. The van der Waals surface area contributed by atoms with Gasteiger partial charge in [-0.3, -0.25) is 4.79 Å². The van der Waals surface area contributed by atoms with Crippen molar-refractivity contribution in [2.24, 2.45) is 11.8 Å². The molecule has 0 heterocycles. The molecule has 0 aromatic heterocycles. The van der Waals surface area contributed by atoms with Crippen LogP contribution in [0.1, 0.15) is 6.42 Å². The van der Waals surface area contributed by atoms with Crippen molar-refractivity contribution in [3.05, 3.63) is 11.6 Å². The second-order valence-corrected chi connectivity index (χ2v) is 4.06. The molecule has 1 rings (SSSR count). The van der Waals surface area contributed by atoms with E-state index in [4.69, 9.17) is 16.7 Å². The zero-order chi connectivity index (χ0) is 11.4. The first-order valence-electron chi connectivity index (χ1n) is 4.58. The van der Waals surface area contributed by atoms with Crippen molar-refractivity contribution >= 4 is 23.6 Å². The van der Waals surface area contributed by atoms with Crippen molar-refractivity contribution in [2.45, 2.75) is 6.42 Å². The van der Waals surface area contributed by atoms with Crippen molar-refractivity contribution in [1.82, 2.24) is 10.6 Å². The van der Waals surface area contributed by atoms with Gasteiger partial charge in [-0.2, -0.15) is 0 Å². The number of halogens is 1. The Kier molecular flexibility index (Phi) is 3.96. The van der Waals surface area contributed by atoms with E-state index in [1.54, 1.807) is 0 Å². The fourth-order valence-electron chi connectivity index (χ4n) is 1.24. The summed E-state index contributed by atoms with van der Waals surface area (Å²) < 4.78 is 0. The number of nitrogens with one attached hydrogen (secondary N) is 2. The van der Waals surface area contributed by atoms with Crippen LogP contribution in [0.4, 0.5) is 4.79 Å². The average Bonchev–Trinajstić information content (AvgIpc) is 2.90. The number of carboxylic acids is 1. The van der Waals surface area contributed by atoms with Gasteiger partial charge in [0.15, 0.2) is 0 Å². The predicted octanol–water partition coefficient (Wildman–Crippen LogP) is 0.759. The van der Waals surface area contributed by atoms with E-state index >= 15 is 0 Å². The smallest absolute Gasteiger partial charge is 0.315 e. The van der Waals surface area contributed by atoms with Crippen LogP contribution in [-0.4, -0.2) is 30.2 Å². The maximum Gasteiger partial charge on any atom is 0.315 e. The fraction of sp³-hybridized carbons (Fsp3) is 0.556. The highest BCUT2D eigenvalue weighted by Crippen LogP contribution is 2.37. The van der Waals surface area contributed by atoms with Gasteiger partial charge in [0.05, 0.1) is 12.5 Å². The van der Waals surface area contributed by atoms with Crippen molar-refractivity contribution in [3.63, 3.8) is 0 Å². The van der Waals surface area contributed by atoms with Gasteiger partial charge in [-0.05, 0) is 12.3 Å². The van der Waals surface area contributed by atoms with Crippen LogP contribution in [0.3, 0.4) is 0 Å². The van der Waals surface area contributed by atoms with E-state index in [0.29, 0.717) is 18.0 Å². The number of aliphatic carboxylic acids is 1. The SMILES string of the molecule is C=C(Cl)CNC(=O)NC[C@H]1C[C@H]1C(=O)O. The lowest BCUT2D eigenvalue weighted by Crippen LogP contribution is -2.37. The van der Waals surface area contributed by atoms with Crippen LogP contribution < -0.4 is 10.6 Å². The van der Waals surface area contributed by atoms with E-state index in [1.165, 1.54) is 0 Å². The topological polar surface area (TPSA) is 78.4 Å². The highest BCUT2D eigenvalue weighted by atomic mass is 35.5. The minimum atomic E-state index is -0.795. The van der Waals surface area contributed by atoms with Gasteiger partial charge in [0.1, 0.15) is 0 Å². The lowest BCUT2D eigenvalue weighted by molar-refractivity contribution is -0.138. The Morgan fingerprint density at radius 1 is 1.47 bits per heavy atom. The summed E-state index contributed by atoms with van der Waals surface area (Å²) in [5, 5.41) is 14.0. The van der Waals surface area contributed by atoms with Crippen LogP contribution in [0.2, 0.25) is 0 Å². The number of hydrogen-bond donors (Lipinski definition) is 3. The maximum atomic E-state index is 11.1. The average molecular weight is 233 g/mol. The first-order valence-corrected chi connectivity index (χ1v) is 4.96. The van der Waals surface area contributed by atoms with Gasteiger partial charge in [0.25, 0.3) is 0 Å². The Hall–Kier alpha value is -1.23. The fourth-order valence-corrected chi connectivity index (χ4v) is 1.30. The highest BCUT2D eigenvalue weighted by Gasteiger charge is 2.42.